The minimum atomic E-state index is -0.0935. The lowest BCUT2D eigenvalue weighted by atomic mass is 9.98. The Kier molecular flexibility index (Phi) is 7.14. The smallest absolute Gasteiger partial charge is 0.268 e. The van der Waals surface area contributed by atoms with E-state index < -0.39 is 0 Å². The summed E-state index contributed by atoms with van der Waals surface area (Å²) in [6, 6.07) is 12.1. The van der Waals surface area contributed by atoms with Crippen molar-refractivity contribution in [1.29, 1.82) is 0 Å². The summed E-state index contributed by atoms with van der Waals surface area (Å²) in [4.78, 5) is 31.0. The van der Waals surface area contributed by atoms with Gasteiger partial charge in [0.1, 0.15) is 12.2 Å². The van der Waals surface area contributed by atoms with Crippen LogP contribution in [-0.2, 0) is 11.3 Å². The molecule has 0 spiro atoms. The first-order valence-corrected chi connectivity index (χ1v) is 13.0. The van der Waals surface area contributed by atoms with E-state index in [2.05, 4.69) is 31.0 Å². The Balaban J connectivity index is 1.52. The molecule has 4 rings (SSSR count). The van der Waals surface area contributed by atoms with Gasteiger partial charge in [-0.1, -0.05) is 12.1 Å². The van der Waals surface area contributed by atoms with Gasteiger partial charge in [-0.2, -0.15) is 0 Å². The number of carbonyl (C=O) groups excluding carboxylic acids is 2. The van der Waals surface area contributed by atoms with Crippen molar-refractivity contribution < 1.29 is 9.59 Å². The zero-order valence-corrected chi connectivity index (χ0v) is 21.7. The quantitative estimate of drug-likeness (QED) is 0.537. The van der Waals surface area contributed by atoms with Crippen LogP contribution in [0.1, 0.15) is 56.6 Å². The number of hydrogen-bond donors (Lipinski definition) is 1. The van der Waals surface area contributed by atoms with Crippen molar-refractivity contribution in [3.8, 4) is 0 Å². The number of anilines is 1. The third-order valence-electron chi connectivity index (χ3n) is 6.76. The predicted octanol–water partition coefficient (Wildman–Crippen LogP) is 5.06. The maximum Gasteiger partial charge on any atom is 0.268 e. The Morgan fingerprint density at radius 2 is 1.88 bits per heavy atom. The monoisotopic (exact) mass is 480 g/mol. The Morgan fingerprint density at radius 1 is 1.15 bits per heavy atom. The lowest BCUT2D eigenvalue weighted by Gasteiger charge is -2.41. The molecule has 3 aromatic rings. The van der Waals surface area contributed by atoms with E-state index >= 15 is 0 Å². The third-order valence-corrected chi connectivity index (χ3v) is 7.61. The van der Waals surface area contributed by atoms with Crippen molar-refractivity contribution in [1.82, 2.24) is 14.8 Å². The third kappa shape index (κ3) is 5.20. The molecule has 6 nitrogen and oxygen atoms in total. The van der Waals surface area contributed by atoms with Crippen LogP contribution in [0.5, 0.6) is 0 Å². The van der Waals surface area contributed by atoms with Crippen molar-refractivity contribution in [2.45, 2.75) is 65.6 Å². The molecule has 0 saturated carbocycles. The van der Waals surface area contributed by atoms with Gasteiger partial charge >= 0.3 is 0 Å². The second kappa shape index (κ2) is 9.92. The molecule has 0 radical (unpaired) electrons. The molecular weight excluding hydrogens is 444 g/mol. The maximum absolute atomic E-state index is 13.4. The lowest BCUT2D eigenvalue weighted by molar-refractivity contribution is -0.119. The van der Waals surface area contributed by atoms with Gasteiger partial charge in [0.25, 0.3) is 5.91 Å². The van der Waals surface area contributed by atoms with Crippen LogP contribution in [0.3, 0.4) is 0 Å². The first-order valence-electron chi connectivity index (χ1n) is 12.2. The number of likely N-dealkylation sites (tertiary alicyclic amines) is 1. The summed E-state index contributed by atoms with van der Waals surface area (Å²) >= 11 is 1.60. The summed E-state index contributed by atoms with van der Waals surface area (Å²) in [6.07, 6.45) is 1.88. The number of likely N-dealkylation sites (N-methyl/N-ethyl adjacent to an activating group) is 1. The van der Waals surface area contributed by atoms with Crippen LogP contribution in [0.4, 0.5) is 5.69 Å². The average Bonchev–Trinajstić information content (AvgIpc) is 3.37. The maximum atomic E-state index is 13.4. The summed E-state index contributed by atoms with van der Waals surface area (Å²) in [5.74, 6) is -0.117. The first kappa shape index (κ1) is 24.5. The number of piperidine rings is 1. The second-order valence-corrected chi connectivity index (χ2v) is 11.1. The molecule has 0 atom stereocenters. The van der Waals surface area contributed by atoms with Gasteiger partial charge in [-0.15, -0.1) is 11.3 Å². The molecule has 0 bridgehead atoms. The van der Waals surface area contributed by atoms with Crippen LogP contribution in [0.2, 0.25) is 0 Å². The fourth-order valence-electron chi connectivity index (χ4n) is 4.81. The van der Waals surface area contributed by atoms with Gasteiger partial charge < -0.3 is 14.8 Å². The van der Waals surface area contributed by atoms with Crippen LogP contribution in [0.25, 0.3) is 10.2 Å². The summed E-state index contributed by atoms with van der Waals surface area (Å²) in [5.41, 5.74) is 3.65. The predicted molar refractivity (Wildman–Crippen MR) is 141 cm³/mol. The minimum absolute atomic E-state index is 0.0238. The molecule has 3 heterocycles. The lowest BCUT2D eigenvalue weighted by Crippen LogP contribution is -2.51. The van der Waals surface area contributed by atoms with Crippen LogP contribution in [0.15, 0.2) is 41.8 Å². The number of nitrogens with one attached hydrogen (secondary N) is 1. The molecule has 0 aliphatic carbocycles. The largest absolute Gasteiger partial charge is 0.348 e. The Labute approximate surface area is 206 Å². The Hall–Kier alpha value is -2.64. The van der Waals surface area contributed by atoms with E-state index in [0.29, 0.717) is 12.2 Å². The normalized spacial score (nSPS) is 15.6. The molecule has 0 unspecified atom stereocenters. The Bertz CT molecular complexity index is 1160. The number of aromatic nitrogens is 1. The first-order chi connectivity index (χ1) is 16.2. The molecule has 34 heavy (non-hydrogen) atoms. The van der Waals surface area contributed by atoms with E-state index in [-0.39, 0.29) is 29.9 Å². The van der Waals surface area contributed by atoms with E-state index in [1.807, 2.05) is 60.2 Å². The number of rotatable bonds is 6. The molecule has 1 N–H and O–H groups in total. The van der Waals surface area contributed by atoms with Crippen molar-refractivity contribution in [3.05, 3.63) is 53.0 Å². The van der Waals surface area contributed by atoms with Gasteiger partial charge in [0, 0.05) is 36.9 Å². The van der Waals surface area contributed by atoms with Gasteiger partial charge in [0.05, 0.1) is 10.2 Å². The number of carbonyl (C=O) groups is 2. The highest BCUT2D eigenvalue weighted by Crippen LogP contribution is 2.27. The minimum Gasteiger partial charge on any atom is -0.348 e. The van der Waals surface area contributed by atoms with E-state index in [9.17, 15) is 9.59 Å². The number of benzene rings is 1. The highest BCUT2D eigenvalue weighted by molar-refractivity contribution is 7.17. The summed E-state index contributed by atoms with van der Waals surface area (Å²) in [6.45, 7) is 13.4. The van der Waals surface area contributed by atoms with Crippen molar-refractivity contribution in [2.24, 2.45) is 0 Å². The zero-order valence-electron chi connectivity index (χ0n) is 20.9. The van der Waals surface area contributed by atoms with E-state index in [1.54, 1.807) is 16.2 Å². The van der Waals surface area contributed by atoms with Gasteiger partial charge in [-0.05, 0) is 82.7 Å². The topological polar surface area (TPSA) is 57.6 Å². The molecule has 182 valence electrons. The fraction of sp³-hybridized carbons (Fsp3) is 0.481. The molecule has 1 aliphatic heterocycles. The van der Waals surface area contributed by atoms with Gasteiger partial charge in [0.2, 0.25) is 5.91 Å². The molecule has 1 aromatic carbocycles. The summed E-state index contributed by atoms with van der Waals surface area (Å²) in [5, 5.41) is 5.25. The van der Waals surface area contributed by atoms with Crippen LogP contribution in [0, 0.1) is 6.92 Å². The number of aryl methyl sites for hydroxylation is 1. The fourth-order valence-corrected chi connectivity index (χ4v) is 5.63. The number of thiophene rings is 1. The van der Waals surface area contributed by atoms with Gasteiger partial charge in [0.15, 0.2) is 0 Å². The van der Waals surface area contributed by atoms with E-state index in [1.165, 1.54) is 0 Å². The van der Waals surface area contributed by atoms with Crippen molar-refractivity contribution in [3.63, 3.8) is 0 Å². The van der Waals surface area contributed by atoms with Crippen LogP contribution >= 0.6 is 11.3 Å². The second-order valence-electron chi connectivity index (χ2n) is 10.2. The summed E-state index contributed by atoms with van der Waals surface area (Å²) < 4.78 is 2.91. The summed E-state index contributed by atoms with van der Waals surface area (Å²) in [7, 11) is 0. The number of nitrogens with zero attached hydrogens (tertiary/aromatic N) is 3. The molecule has 2 aromatic heterocycles. The zero-order chi connectivity index (χ0) is 24.5. The van der Waals surface area contributed by atoms with E-state index in [4.69, 9.17) is 0 Å². The molecule has 2 amide bonds. The van der Waals surface area contributed by atoms with Crippen molar-refractivity contribution >= 4 is 39.1 Å². The van der Waals surface area contributed by atoms with Crippen molar-refractivity contribution in [2.75, 3.05) is 24.5 Å². The Morgan fingerprint density at radius 3 is 2.53 bits per heavy atom. The van der Waals surface area contributed by atoms with E-state index in [0.717, 1.165) is 47.4 Å². The standard InChI is InChI=1S/C27H36N4O2S/c1-6-30(21-9-7-8-19(2)16-21)25(32)18-31-22-12-15-34-24(22)17-23(31)26(33)28-20-10-13-29(14-11-20)27(3,4)5/h7-9,12,15-17,20H,6,10-11,13-14,18H2,1-5H3,(H,28,33). The average molecular weight is 481 g/mol. The molecule has 1 aliphatic rings. The SMILES string of the molecule is CCN(C(=O)Cn1c(C(=O)NC2CCN(C(C)(C)C)CC2)cc2sccc21)c1cccc(C)c1. The van der Waals surface area contributed by atoms with Crippen LogP contribution in [-0.4, -0.2) is 52.5 Å². The van der Waals surface area contributed by atoms with Gasteiger partial charge in [-0.3, -0.25) is 14.5 Å². The van der Waals surface area contributed by atoms with Gasteiger partial charge in [-0.25, -0.2) is 0 Å². The molecule has 1 fully saturated rings. The highest BCUT2D eigenvalue weighted by atomic mass is 32.1. The molecule has 7 heteroatoms. The highest BCUT2D eigenvalue weighted by Gasteiger charge is 2.29. The molecule has 1 saturated heterocycles. The van der Waals surface area contributed by atoms with Crippen LogP contribution < -0.4 is 10.2 Å². The number of amides is 2. The number of fused-ring (bicyclic) bond motifs is 1. The number of hydrogen-bond acceptors (Lipinski definition) is 4. The molecular formula is C27H36N4O2S.